The second-order valence-corrected chi connectivity index (χ2v) is 5.99. The van der Waals surface area contributed by atoms with Crippen molar-refractivity contribution < 1.29 is 32.2 Å². The molecule has 0 spiro atoms. The van der Waals surface area contributed by atoms with Crippen molar-refractivity contribution in [3.63, 3.8) is 0 Å². The highest BCUT2D eigenvalue weighted by atomic mass is 19.4. The third-order valence-electron chi connectivity index (χ3n) is 4.13. The molecule has 0 saturated carbocycles. The lowest BCUT2D eigenvalue weighted by molar-refractivity contribution is -0.246. The van der Waals surface area contributed by atoms with Crippen LogP contribution in [0.4, 0.5) is 23.7 Å². The van der Waals surface area contributed by atoms with Crippen molar-refractivity contribution in [1.29, 1.82) is 0 Å². The van der Waals surface area contributed by atoms with Gasteiger partial charge in [-0.15, -0.1) is 0 Å². The smallest absolute Gasteiger partial charge is 0.416 e. The molecule has 3 amide bonds. The van der Waals surface area contributed by atoms with E-state index in [0.717, 1.165) is 4.90 Å². The summed E-state index contributed by atoms with van der Waals surface area (Å²) >= 11 is 0. The van der Waals surface area contributed by atoms with Crippen LogP contribution in [0.25, 0.3) is 0 Å². The number of carbonyl (C=O) groups is 2. The van der Waals surface area contributed by atoms with Crippen LogP contribution in [-0.4, -0.2) is 62.0 Å². The fourth-order valence-corrected chi connectivity index (χ4v) is 2.66. The predicted molar refractivity (Wildman–Crippen MR) is 91.6 cm³/mol. The zero-order valence-electron chi connectivity index (χ0n) is 15.0. The first-order valence-corrected chi connectivity index (χ1v) is 8.41. The Morgan fingerprint density at radius 3 is 2.56 bits per heavy atom. The molecule has 0 aliphatic carbocycles. The number of morpholine rings is 1. The van der Waals surface area contributed by atoms with Gasteiger partial charge in [-0.05, 0) is 31.2 Å². The van der Waals surface area contributed by atoms with Crippen molar-refractivity contribution in [1.82, 2.24) is 10.2 Å². The molecule has 2 atom stereocenters. The van der Waals surface area contributed by atoms with Crippen LogP contribution in [0.2, 0.25) is 0 Å². The zero-order valence-corrected chi connectivity index (χ0v) is 15.0. The minimum absolute atomic E-state index is 0.0697. The molecule has 0 unspecified atom stereocenters. The first-order chi connectivity index (χ1) is 12.7. The summed E-state index contributed by atoms with van der Waals surface area (Å²) in [6, 6.07) is 4.57. The number of urea groups is 1. The van der Waals surface area contributed by atoms with Gasteiger partial charge in [0, 0.05) is 19.3 Å². The van der Waals surface area contributed by atoms with Gasteiger partial charge >= 0.3 is 12.2 Å². The summed E-state index contributed by atoms with van der Waals surface area (Å²) in [4.78, 5) is 24.6. The summed E-state index contributed by atoms with van der Waals surface area (Å²) in [6.07, 6.45) is -6.33. The number of hydrogen-bond donors (Lipinski definition) is 2. The molecule has 0 radical (unpaired) electrons. The molecule has 0 bridgehead atoms. The van der Waals surface area contributed by atoms with Crippen molar-refractivity contribution in [3.05, 3.63) is 24.3 Å². The molecule has 2 N–H and O–H groups in total. The SMILES string of the molecule is CNC(=O)CCOc1ccc(NC(=O)N2CCO[C@H](C(F)(F)F)[C@@H]2C)cc1. The maximum absolute atomic E-state index is 13.0. The summed E-state index contributed by atoms with van der Waals surface area (Å²) < 4.78 is 49.0. The van der Waals surface area contributed by atoms with Gasteiger partial charge in [0.25, 0.3) is 0 Å². The lowest BCUT2D eigenvalue weighted by atomic mass is 10.1. The minimum Gasteiger partial charge on any atom is -0.493 e. The summed E-state index contributed by atoms with van der Waals surface area (Å²) in [7, 11) is 1.53. The molecule has 1 aromatic carbocycles. The molecule has 27 heavy (non-hydrogen) atoms. The Balaban J connectivity index is 1.90. The van der Waals surface area contributed by atoms with E-state index in [1.807, 2.05) is 0 Å². The third-order valence-corrected chi connectivity index (χ3v) is 4.13. The van der Waals surface area contributed by atoms with E-state index in [4.69, 9.17) is 9.47 Å². The molecule has 0 aromatic heterocycles. The molecule has 1 saturated heterocycles. The van der Waals surface area contributed by atoms with Crippen LogP contribution in [-0.2, 0) is 9.53 Å². The number of benzene rings is 1. The van der Waals surface area contributed by atoms with Gasteiger partial charge in [-0.3, -0.25) is 4.79 Å². The van der Waals surface area contributed by atoms with Crippen LogP contribution in [0.15, 0.2) is 24.3 Å². The molecule has 1 aromatic rings. The molecule has 7 nitrogen and oxygen atoms in total. The maximum Gasteiger partial charge on any atom is 0.416 e. The van der Waals surface area contributed by atoms with Crippen LogP contribution in [0.5, 0.6) is 5.75 Å². The summed E-state index contributed by atoms with van der Waals surface area (Å²) in [5, 5.41) is 5.05. The number of anilines is 1. The van der Waals surface area contributed by atoms with Crippen molar-refractivity contribution in [2.24, 2.45) is 0 Å². The summed E-state index contributed by atoms with van der Waals surface area (Å²) in [6.45, 7) is 1.40. The molecule has 1 heterocycles. The average molecular weight is 389 g/mol. The van der Waals surface area contributed by atoms with Gasteiger partial charge in [-0.2, -0.15) is 13.2 Å². The first-order valence-electron chi connectivity index (χ1n) is 8.41. The zero-order chi connectivity index (χ0) is 20.0. The maximum atomic E-state index is 13.0. The van der Waals surface area contributed by atoms with Gasteiger partial charge in [0.15, 0.2) is 6.10 Å². The predicted octanol–water partition coefficient (Wildman–Crippen LogP) is 2.39. The van der Waals surface area contributed by atoms with E-state index in [-0.39, 0.29) is 32.1 Å². The highest BCUT2D eigenvalue weighted by molar-refractivity contribution is 5.89. The van der Waals surface area contributed by atoms with E-state index in [1.165, 1.54) is 14.0 Å². The summed E-state index contributed by atoms with van der Waals surface area (Å²) in [5.41, 5.74) is 0.418. The van der Waals surface area contributed by atoms with Crippen LogP contribution in [0.1, 0.15) is 13.3 Å². The standard InChI is InChI=1S/C17H22F3N3O4/c1-11-15(17(18,19)20)27-10-8-23(11)16(25)22-12-3-5-13(6-4-12)26-9-7-14(24)21-2/h3-6,11,15H,7-10H2,1-2H3,(H,21,24)(H,22,25)/t11-,15-/m0/s1. The number of amides is 3. The lowest BCUT2D eigenvalue weighted by Gasteiger charge is -2.39. The van der Waals surface area contributed by atoms with E-state index in [9.17, 15) is 22.8 Å². The number of ether oxygens (including phenoxy) is 2. The van der Waals surface area contributed by atoms with Gasteiger partial charge in [0.2, 0.25) is 5.91 Å². The number of halogens is 3. The van der Waals surface area contributed by atoms with Crippen molar-refractivity contribution >= 4 is 17.6 Å². The van der Waals surface area contributed by atoms with Gasteiger partial charge in [-0.1, -0.05) is 0 Å². The number of carbonyl (C=O) groups excluding carboxylic acids is 2. The number of nitrogens with zero attached hydrogens (tertiary/aromatic N) is 1. The fourth-order valence-electron chi connectivity index (χ4n) is 2.66. The molecule has 150 valence electrons. The highest BCUT2D eigenvalue weighted by Crippen LogP contribution is 2.30. The van der Waals surface area contributed by atoms with Crippen LogP contribution >= 0.6 is 0 Å². The lowest BCUT2D eigenvalue weighted by Crippen LogP contribution is -2.58. The van der Waals surface area contributed by atoms with Crippen molar-refractivity contribution in [3.8, 4) is 5.75 Å². The Labute approximate surface area is 154 Å². The van der Waals surface area contributed by atoms with Gasteiger partial charge in [-0.25, -0.2) is 4.79 Å². The molecular formula is C17H22F3N3O4. The third kappa shape index (κ3) is 5.75. The number of hydrogen-bond acceptors (Lipinski definition) is 4. The topological polar surface area (TPSA) is 79.9 Å². The largest absolute Gasteiger partial charge is 0.493 e. The Morgan fingerprint density at radius 1 is 1.30 bits per heavy atom. The van der Waals surface area contributed by atoms with E-state index < -0.39 is 24.4 Å². The second-order valence-electron chi connectivity index (χ2n) is 5.99. The first kappa shape index (κ1) is 20.8. The number of alkyl halides is 3. The van der Waals surface area contributed by atoms with E-state index >= 15 is 0 Å². The van der Waals surface area contributed by atoms with E-state index in [2.05, 4.69) is 10.6 Å². The van der Waals surface area contributed by atoms with Crippen LogP contribution in [0.3, 0.4) is 0 Å². The van der Waals surface area contributed by atoms with E-state index in [1.54, 1.807) is 24.3 Å². The normalized spacial score (nSPS) is 20.1. The second kappa shape index (κ2) is 8.94. The van der Waals surface area contributed by atoms with Gasteiger partial charge < -0.3 is 25.0 Å². The Kier molecular flexibility index (Phi) is 6.89. The fraction of sp³-hybridized carbons (Fsp3) is 0.529. The van der Waals surface area contributed by atoms with Crippen molar-refractivity contribution in [2.45, 2.75) is 31.7 Å². The molecule has 10 heteroatoms. The quantitative estimate of drug-likeness (QED) is 0.811. The molecule has 1 fully saturated rings. The minimum atomic E-state index is -4.54. The Morgan fingerprint density at radius 2 is 1.96 bits per heavy atom. The monoisotopic (exact) mass is 389 g/mol. The van der Waals surface area contributed by atoms with Gasteiger partial charge in [0.05, 0.1) is 25.7 Å². The molecule has 1 aliphatic rings. The summed E-state index contributed by atoms with van der Waals surface area (Å²) in [5.74, 6) is 0.365. The Bertz CT molecular complexity index is 652. The van der Waals surface area contributed by atoms with Crippen molar-refractivity contribution in [2.75, 3.05) is 32.1 Å². The highest BCUT2D eigenvalue weighted by Gasteiger charge is 2.49. The molecule has 2 rings (SSSR count). The molecular weight excluding hydrogens is 367 g/mol. The van der Waals surface area contributed by atoms with Crippen LogP contribution < -0.4 is 15.4 Å². The average Bonchev–Trinajstić information content (AvgIpc) is 2.62. The molecule has 1 aliphatic heterocycles. The van der Waals surface area contributed by atoms with Crippen LogP contribution in [0, 0.1) is 0 Å². The number of nitrogens with one attached hydrogen (secondary N) is 2. The van der Waals surface area contributed by atoms with Gasteiger partial charge in [0.1, 0.15) is 5.75 Å². The Hall–Kier alpha value is -2.49. The van der Waals surface area contributed by atoms with E-state index in [0.29, 0.717) is 11.4 Å². The number of rotatable bonds is 5.